The van der Waals surface area contributed by atoms with Crippen LogP contribution in [0.15, 0.2) is 24.5 Å². The molecule has 2 heterocycles. The van der Waals surface area contributed by atoms with Crippen molar-refractivity contribution in [3.05, 3.63) is 30.2 Å². The predicted molar refractivity (Wildman–Crippen MR) is 66.4 cm³/mol. The first kappa shape index (κ1) is 13.0. The first-order valence-electron chi connectivity index (χ1n) is 5.54. The molecule has 0 aliphatic rings. The average molecular weight is 263 g/mol. The Labute approximate surface area is 109 Å². The Morgan fingerprint density at radius 2 is 2.32 bits per heavy atom. The molecule has 0 spiro atoms. The highest BCUT2D eigenvalue weighted by atomic mass is 16.5. The molecule has 2 aromatic heterocycles. The molecule has 0 amide bonds. The lowest BCUT2D eigenvalue weighted by Gasteiger charge is -2.01. The second-order valence-electron chi connectivity index (χ2n) is 3.72. The van der Waals surface area contributed by atoms with Crippen molar-refractivity contribution in [1.82, 2.24) is 20.0 Å². The van der Waals surface area contributed by atoms with Gasteiger partial charge in [0.25, 0.3) is 0 Å². The lowest BCUT2D eigenvalue weighted by molar-refractivity contribution is 0.0689. The van der Waals surface area contributed by atoms with Crippen molar-refractivity contribution in [2.24, 2.45) is 0 Å². The van der Waals surface area contributed by atoms with E-state index in [9.17, 15) is 4.79 Å². The highest BCUT2D eigenvalue weighted by Crippen LogP contribution is 2.12. The van der Waals surface area contributed by atoms with Crippen molar-refractivity contribution in [2.75, 3.05) is 19.0 Å². The van der Waals surface area contributed by atoms with Gasteiger partial charge in [-0.15, -0.1) is 10.2 Å². The molecule has 0 atom stereocenters. The number of aromatic carboxylic acids is 1. The van der Waals surface area contributed by atoms with Gasteiger partial charge >= 0.3 is 5.97 Å². The predicted octanol–water partition coefficient (Wildman–Crippen LogP) is 0.761. The van der Waals surface area contributed by atoms with E-state index in [0.29, 0.717) is 19.0 Å². The molecule has 0 radical (unpaired) electrons. The summed E-state index contributed by atoms with van der Waals surface area (Å²) in [5.74, 6) is -0.650. The quantitative estimate of drug-likeness (QED) is 0.793. The van der Waals surface area contributed by atoms with E-state index in [0.717, 1.165) is 5.69 Å². The molecule has 0 saturated heterocycles. The second-order valence-corrected chi connectivity index (χ2v) is 3.72. The van der Waals surface area contributed by atoms with Crippen LogP contribution in [0.3, 0.4) is 0 Å². The highest BCUT2D eigenvalue weighted by molar-refractivity contribution is 5.85. The molecule has 0 fully saturated rings. The van der Waals surface area contributed by atoms with Crippen LogP contribution in [-0.2, 0) is 11.3 Å². The normalized spacial score (nSPS) is 10.4. The van der Waals surface area contributed by atoms with E-state index in [-0.39, 0.29) is 5.69 Å². The van der Waals surface area contributed by atoms with Gasteiger partial charge in [-0.3, -0.25) is 4.68 Å². The third kappa shape index (κ3) is 3.49. The van der Waals surface area contributed by atoms with Crippen LogP contribution in [0.2, 0.25) is 0 Å². The number of nitrogens with one attached hydrogen (secondary N) is 1. The molecule has 0 aliphatic carbocycles. The summed E-state index contributed by atoms with van der Waals surface area (Å²) in [6.45, 7) is 1.23. The Bertz CT molecular complexity index is 552. The van der Waals surface area contributed by atoms with E-state index in [1.54, 1.807) is 30.3 Å². The first-order valence-corrected chi connectivity index (χ1v) is 5.54. The van der Waals surface area contributed by atoms with Crippen LogP contribution in [0.5, 0.6) is 0 Å². The Morgan fingerprint density at radius 1 is 1.47 bits per heavy atom. The van der Waals surface area contributed by atoms with Gasteiger partial charge in [0.1, 0.15) is 0 Å². The monoisotopic (exact) mass is 263 g/mol. The average Bonchev–Trinajstić information content (AvgIpc) is 2.84. The second kappa shape index (κ2) is 5.91. The van der Waals surface area contributed by atoms with Gasteiger partial charge in [-0.1, -0.05) is 0 Å². The van der Waals surface area contributed by atoms with Crippen LogP contribution < -0.4 is 5.32 Å². The molecule has 0 unspecified atom stereocenters. The molecule has 2 N–H and O–H groups in total. The number of hydrogen-bond acceptors (Lipinski definition) is 6. The van der Waals surface area contributed by atoms with Gasteiger partial charge in [0.05, 0.1) is 25.0 Å². The van der Waals surface area contributed by atoms with E-state index in [1.165, 1.54) is 6.07 Å². The number of anilines is 2. The molecular weight excluding hydrogens is 250 g/mol. The minimum atomic E-state index is -1.11. The zero-order valence-corrected chi connectivity index (χ0v) is 10.3. The van der Waals surface area contributed by atoms with E-state index in [4.69, 9.17) is 9.84 Å². The van der Waals surface area contributed by atoms with Crippen molar-refractivity contribution < 1.29 is 14.6 Å². The topological polar surface area (TPSA) is 102 Å². The van der Waals surface area contributed by atoms with E-state index < -0.39 is 5.97 Å². The zero-order valence-electron chi connectivity index (χ0n) is 10.3. The van der Waals surface area contributed by atoms with Crippen LogP contribution in [0, 0.1) is 0 Å². The number of rotatable bonds is 6. The van der Waals surface area contributed by atoms with Crippen LogP contribution in [0.1, 0.15) is 10.5 Å². The van der Waals surface area contributed by atoms with Gasteiger partial charge in [0.15, 0.2) is 11.5 Å². The number of ether oxygens (including phenoxy) is 1. The van der Waals surface area contributed by atoms with E-state index in [2.05, 4.69) is 20.6 Å². The Hall–Kier alpha value is -2.48. The third-order valence-corrected chi connectivity index (χ3v) is 2.31. The maximum atomic E-state index is 10.6. The Balaban J connectivity index is 2.00. The number of nitrogens with zero attached hydrogens (tertiary/aromatic N) is 4. The van der Waals surface area contributed by atoms with Crippen LogP contribution >= 0.6 is 0 Å². The molecular formula is C11H13N5O3. The molecule has 0 saturated carbocycles. The summed E-state index contributed by atoms with van der Waals surface area (Å²) in [7, 11) is 1.63. The summed E-state index contributed by atoms with van der Waals surface area (Å²) in [6, 6.07) is 2.93. The summed E-state index contributed by atoms with van der Waals surface area (Å²) >= 11 is 0. The molecule has 19 heavy (non-hydrogen) atoms. The number of aromatic nitrogens is 4. The van der Waals surface area contributed by atoms with Crippen LogP contribution in [0.4, 0.5) is 11.5 Å². The van der Waals surface area contributed by atoms with Crippen molar-refractivity contribution in [1.29, 1.82) is 0 Å². The standard InChI is InChI=1S/C11H13N5O3/c1-19-5-4-16-7-8(6-12-16)13-10-3-2-9(11(17)18)14-15-10/h2-3,6-7H,4-5H2,1H3,(H,13,15)(H,17,18). The van der Waals surface area contributed by atoms with Crippen molar-refractivity contribution in [3.63, 3.8) is 0 Å². The molecule has 0 aliphatic heterocycles. The van der Waals surface area contributed by atoms with Gasteiger partial charge in [-0.2, -0.15) is 5.10 Å². The van der Waals surface area contributed by atoms with Gasteiger partial charge in [-0.25, -0.2) is 4.79 Å². The maximum Gasteiger partial charge on any atom is 0.356 e. The summed E-state index contributed by atoms with van der Waals surface area (Å²) in [6.07, 6.45) is 3.44. The molecule has 0 aromatic carbocycles. The van der Waals surface area contributed by atoms with Crippen LogP contribution in [-0.4, -0.2) is 44.8 Å². The minimum absolute atomic E-state index is 0.0960. The zero-order chi connectivity index (χ0) is 13.7. The van der Waals surface area contributed by atoms with Crippen molar-refractivity contribution in [3.8, 4) is 0 Å². The Kier molecular flexibility index (Phi) is 4.04. The summed E-state index contributed by atoms with van der Waals surface area (Å²) in [4.78, 5) is 10.6. The molecule has 2 aromatic rings. The van der Waals surface area contributed by atoms with Gasteiger partial charge in [0, 0.05) is 13.3 Å². The molecule has 2 rings (SSSR count). The van der Waals surface area contributed by atoms with Gasteiger partial charge < -0.3 is 15.2 Å². The van der Waals surface area contributed by atoms with E-state index in [1.807, 2.05) is 0 Å². The maximum absolute atomic E-state index is 10.6. The minimum Gasteiger partial charge on any atom is -0.476 e. The SMILES string of the molecule is COCCn1cc(Nc2ccc(C(=O)O)nn2)cn1. The molecule has 100 valence electrons. The highest BCUT2D eigenvalue weighted by Gasteiger charge is 2.05. The summed E-state index contributed by atoms with van der Waals surface area (Å²) < 4.78 is 6.68. The summed E-state index contributed by atoms with van der Waals surface area (Å²) in [5, 5.41) is 23.1. The van der Waals surface area contributed by atoms with Gasteiger partial charge in [0.2, 0.25) is 0 Å². The number of carbonyl (C=O) groups is 1. The molecule has 0 bridgehead atoms. The van der Waals surface area contributed by atoms with E-state index >= 15 is 0 Å². The van der Waals surface area contributed by atoms with Gasteiger partial charge in [-0.05, 0) is 12.1 Å². The Morgan fingerprint density at radius 3 is 2.95 bits per heavy atom. The first-order chi connectivity index (χ1) is 9.19. The number of methoxy groups -OCH3 is 1. The van der Waals surface area contributed by atoms with Crippen molar-refractivity contribution in [2.45, 2.75) is 6.54 Å². The molecule has 8 nitrogen and oxygen atoms in total. The lowest BCUT2D eigenvalue weighted by Crippen LogP contribution is -2.04. The summed E-state index contributed by atoms with van der Waals surface area (Å²) in [5.41, 5.74) is 0.648. The number of carboxylic acids is 1. The smallest absolute Gasteiger partial charge is 0.356 e. The number of carboxylic acid groups (broad SMARTS) is 1. The lowest BCUT2D eigenvalue weighted by atomic mass is 10.4. The van der Waals surface area contributed by atoms with Crippen molar-refractivity contribution >= 4 is 17.5 Å². The van der Waals surface area contributed by atoms with Crippen LogP contribution in [0.25, 0.3) is 0 Å². The fraction of sp³-hybridized carbons (Fsp3) is 0.273. The fourth-order valence-corrected chi connectivity index (χ4v) is 1.40. The number of hydrogen-bond donors (Lipinski definition) is 2. The largest absolute Gasteiger partial charge is 0.476 e. The fourth-order valence-electron chi connectivity index (χ4n) is 1.40. The molecule has 8 heteroatoms. The third-order valence-electron chi connectivity index (χ3n) is 2.31.